The Balaban J connectivity index is 1.83. The summed E-state index contributed by atoms with van der Waals surface area (Å²) >= 11 is 0. The summed E-state index contributed by atoms with van der Waals surface area (Å²) in [5.41, 5.74) is 6.51. The molecule has 124 valence electrons. The van der Waals surface area contributed by atoms with E-state index in [2.05, 4.69) is 0 Å². The Morgan fingerprint density at radius 3 is 2.70 bits per heavy atom. The van der Waals surface area contributed by atoms with Crippen LogP contribution in [-0.2, 0) is 6.54 Å². The zero-order valence-electron chi connectivity index (χ0n) is 13.5. The van der Waals surface area contributed by atoms with Gasteiger partial charge < -0.3 is 19.8 Å². The molecule has 1 aromatic carbocycles. The van der Waals surface area contributed by atoms with Crippen molar-refractivity contribution in [1.82, 2.24) is 4.57 Å². The lowest BCUT2D eigenvalue weighted by molar-refractivity contribution is 0.214. The van der Waals surface area contributed by atoms with Gasteiger partial charge in [0.1, 0.15) is 19.0 Å². The molecule has 2 rings (SSSR count). The van der Waals surface area contributed by atoms with Gasteiger partial charge in [-0.05, 0) is 56.1 Å². The number of unbranched alkanes of at least 4 members (excludes halogenated alkanes) is 1. The zero-order chi connectivity index (χ0) is 16.5. The highest BCUT2D eigenvalue weighted by Gasteiger charge is 2.04. The summed E-state index contributed by atoms with van der Waals surface area (Å²) in [6, 6.07) is 11.3. The minimum Gasteiger partial charge on any atom is -0.490 e. The van der Waals surface area contributed by atoms with Gasteiger partial charge in [-0.1, -0.05) is 12.1 Å². The van der Waals surface area contributed by atoms with Crippen LogP contribution in [0.2, 0.25) is 0 Å². The summed E-state index contributed by atoms with van der Waals surface area (Å²) in [4.78, 5) is 12.2. The fraction of sp³-hybridized carbons (Fsp3) is 0.389. The molecule has 1 heterocycles. The largest absolute Gasteiger partial charge is 0.490 e. The number of nitrogens with zero attached hydrogens (tertiary/aromatic N) is 1. The van der Waals surface area contributed by atoms with Crippen LogP contribution in [0.1, 0.15) is 18.4 Å². The van der Waals surface area contributed by atoms with Crippen LogP contribution in [0.25, 0.3) is 0 Å². The van der Waals surface area contributed by atoms with Crippen LogP contribution in [0.5, 0.6) is 11.5 Å². The summed E-state index contributed by atoms with van der Waals surface area (Å²) in [6.45, 7) is 4.04. The minimum atomic E-state index is -0.111. The summed E-state index contributed by atoms with van der Waals surface area (Å²) in [5, 5.41) is 0. The molecule has 0 aliphatic carbocycles. The molecule has 0 aliphatic rings. The van der Waals surface area contributed by atoms with E-state index in [9.17, 15) is 4.79 Å². The van der Waals surface area contributed by atoms with Crippen LogP contribution in [0.3, 0.4) is 0 Å². The second-order valence-electron chi connectivity index (χ2n) is 5.38. The van der Waals surface area contributed by atoms with Crippen molar-refractivity contribution in [2.75, 3.05) is 19.8 Å². The van der Waals surface area contributed by atoms with Gasteiger partial charge in [-0.15, -0.1) is 0 Å². The molecule has 1 aromatic heterocycles. The lowest BCUT2D eigenvalue weighted by Crippen LogP contribution is -2.23. The number of rotatable bonds is 9. The Morgan fingerprint density at radius 1 is 1.09 bits per heavy atom. The highest BCUT2D eigenvalue weighted by Crippen LogP contribution is 2.12. The van der Waals surface area contributed by atoms with Crippen molar-refractivity contribution in [3.05, 3.63) is 58.5 Å². The van der Waals surface area contributed by atoms with Gasteiger partial charge in [0.05, 0.1) is 0 Å². The van der Waals surface area contributed by atoms with Crippen molar-refractivity contribution in [2.45, 2.75) is 26.3 Å². The number of aromatic nitrogens is 1. The smallest absolute Gasteiger partial charge is 0.292 e. The van der Waals surface area contributed by atoms with Crippen molar-refractivity contribution >= 4 is 0 Å². The van der Waals surface area contributed by atoms with E-state index < -0.39 is 0 Å². The van der Waals surface area contributed by atoms with Crippen LogP contribution in [-0.4, -0.2) is 24.3 Å². The van der Waals surface area contributed by atoms with Gasteiger partial charge in [-0.25, -0.2) is 0 Å². The van der Waals surface area contributed by atoms with Gasteiger partial charge in [-0.2, -0.15) is 0 Å². The summed E-state index contributed by atoms with van der Waals surface area (Å²) in [7, 11) is 0. The monoisotopic (exact) mass is 316 g/mol. The van der Waals surface area contributed by atoms with Crippen LogP contribution >= 0.6 is 0 Å². The first-order valence-electron chi connectivity index (χ1n) is 7.92. The first-order valence-corrected chi connectivity index (χ1v) is 7.92. The Bertz CT molecular complexity index is 667. The van der Waals surface area contributed by atoms with E-state index in [-0.39, 0.29) is 5.56 Å². The first kappa shape index (κ1) is 17.1. The highest BCUT2D eigenvalue weighted by atomic mass is 16.5. The molecule has 23 heavy (non-hydrogen) atoms. The highest BCUT2D eigenvalue weighted by molar-refractivity contribution is 5.27. The molecule has 0 saturated heterocycles. The fourth-order valence-corrected chi connectivity index (χ4v) is 2.24. The number of aryl methyl sites for hydroxylation is 2. The molecule has 0 bridgehead atoms. The third kappa shape index (κ3) is 5.45. The first-order chi connectivity index (χ1) is 11.2. The summed E-state index contributed by atoms with van der Waals surface area (Å²) in [5.74, 6) is 1.16. The standard InChI is InChI=1S/C18H24N2O3/c1-15-6-4-7-16(14-15)22-12-13-23-17-8-5-11-20(18(17)21)10-3-2-9-19/h4-8,11,14H,2-3,9-10,12-13,19H2,1H3. The molecule has 0 saturated carbocycles. The Labute approximate surface area is 136 Å². The number of hydrogen-bond acceptors (Lipinski definition) is 4. The summed E-state index contributed by atoms with van der Waals surface area (Å²) < 4.78 is 12.8. The molecule has 2 N–H and O–H groups in total. The molecule has 5 heteroatoms. The lowest BCUT2D eigenvalue weighted by Gasteiger charge is -2.10. The van der Waals surface area contributed by atoms with Gasteiger partial charge in [0.2, 0.25) is 0 Å². The average molecular weight is 316 g/mol. The van der Waals surface area contributed by atoms with Crippen LogP contribution in [0, 0.1) is 6.92 Å². The van der Waals surface area contributed by atoms with Crippen molar-refractivity contribution in [3.63, 3.8) is 0 Å². The Hall–Kier alpha value is -2.27. The molecule has 0 aliphatic heterocycles. The van der Waals surface area contributed by atoms with Crippen molar-refractivity contribution < 1.29 is 9.47 Å². The van der Waals surface area contributed by atoms with Crippen molar-refractivity contribution in [3.8, 4) is 11.5 Å². The average Bonchev–Trinajstić information content (AvgIpc) is 2.54. The maximum Gasteiger partial charge on any atom is 0.292 e. The molecule has 0 radical (unpaired) electrons. The normalized spacial score (nSPS) is 10.5. The number of nitrogens with two attached hydrogens (primary N) is 1. The van der Waals surface area contributed by atoms with E-state index in [1.807, 2.05) is 37.3 Å². The maximum atomic E-state index is 12.2. The quantitative estimate of drug-likeness (QED) is 0.721. The molecule has 0 amide bonds. The third-order valence-electron chi connectivity index (χ3n) is 3.44. The van der Waals surface area contributed by atoms with Gasteiger partial charge in [-0.3, -0.25) is 4.79 Å². The van der Waals surface area contributed by atoms with Gasteiger partial charge in [0, 0.05) is 12.7 Å². The van der Waals surface area contributed by atoms with E-state index in [0.29, 0.717) is 32.1 Å². The summed E-state index contributed by atoms with van der Waals surface area (Å²) in [6.07, 6.45) is 3.56. The second-order valence-corrected chi connectivity index (χ2v) is 5.38. The number of hydrogen-bond donors (Lipinski definition) is 1. The number of ether oxygens (including phenoxy) is 2. The minimum absolute atomic E-state index is 0.111. The predicted octanol–water partition coefficient (Wildman–Crippen LogP) is 2.35. The SMILES string of the molecule is Cc1cccc(OCCOc2cccn(CCCCN)c2=O)c1. The molecular weight excluding hydrogens is 292 g/mol. The Kier molecular flexibility index (Phi) is 6.69. The number of benzene rings is 1. The number of pyridine rings is 1. The fourth-order valence-electron chi connectivity index (χ4n) is 2.24. The molecule has 0 unspecified atom stereocenters. The molecular formula is C18H24N2O3. The van der Waals surface area contributed by atoms with Gasteiger partial charge >= 0.3 is 0 Å². The van der Waals surface area contributed by atoms with Crippen LogP contribution < -0.4 is 20.8 Å². The molecule has 0 spiro atoms. The second kappa shape index (κ2) is 9.00. The Morgan fingerprint density at radius 2 is 1.91 bits per heavy atom. The molecule has 0 atom stereocenters. The van der Waals surface area contributed by atoms with Crippen LogP contribution in [0.4, 0.5) is 0 Å². The van der Waals surface area contributed by atoms with Crippen molar-refractivity contribution in [1.29, 1.82) is 0 Å². The predicted molar refractivity (Wildman–Crippen MR) is 91.2 cm³/mol. The third-order valence-corrected chi connectivity index (χ3v) is 3.44. The maximum absolute atomic E-state index is 12.2. The zero-order valence-corrected chi connectivity index (χ0v) is 13.5. The molecule has 2 aromatic rings. The van der Waals surface area contributed by atoms with Crippen molar-refractivity contribution in [2.24, 2.45) is 5.73 Å². The van der Waals surface area contributed by atoms with E-state index in [1.165, 1.54) is 0 Å². The van der Waals surface area contributed by atoms with E-state index in [1.54, 1.807) is 16.8 Å². The van der Waals surface area contributed by atoms with Gasteiger partial charge in [0.25, 0.3) is 5.56 Å². The lowest BCUT2D eigenvalue weighted by atomic mass is 10.2. The van der Waals surface area contributed by atoms with Crippen LogP contribution in [0.15, 0.2) is 47.4 Å². The van der Waals surface area contributed by atoms with E-state index in [4.69, 9.17) is 15.2 Å². The van der Waals surface area contributed by atoms with E-state index in [0.717, 1.165) is 24.2 Å². The molecule has 5 nitrogen and oxygen atoms in total. The van der Waals surface area contributed by atoms with E-state index >= 15 is 0 Å². The van der Waals surface area contributed by atoms with Gasteiger partial charge in [0.15, 0.2) is 5.75 Å². The molecule has 0 fully saturated rings. The topological polar surface area (TPSA) is 66.5 Å².